The van der Waals surface area contributed by atoms with Crippen LogP contribution in [0.2, 0.25) is 0 Å². The van der Waals surface area contributed by atoms with E-state index in [1.54, 1.807) is 32.0 Å². The third-order valence-corrected chi connectivity index (χ3v) is 3.41. The molecule has 1 atom stereocenters. The van der Waals surface area contributed by atoms with Gasteiger partial charge in [-0.2, -0.15) is 0 Å². The fraction of sp³-hybridized carbons (Fsp3) is 0.188. The van der Waals surface area contributed by atoms with Crippen LogP contribution in [0.1, 0.15) is 12.5 Å². The number of benzene rings is 2. The van der Waals surface area contributed by atoms with Gasteiger partial charge in [-0.1, -0.05) is 22.0 Å². The molecule has 2 rings (SSSR count). The molecule has 0 bridgehead atoms. The Balaban J connectivity index is 2.00. The van der Waals surface area contributed by atoms with Crippen LogP contribution < -0.4 is 10.1 Å². The van der Waals surface area contributed by atoms with Crippen LogP contribution in [0.15, 0.2) is 46.9 Å². The van der Waals surface area contributed by atoms with Crippen molar-refractivity contribution in [2.75, 3.05) is 5.32 Å². The van der Waals surface area contributed by atoms with E-state index >= 15 is 0 Å². The molecule has 3 nitrogen and oxygen atoms in total. The van der Waals surface area contributed by atoms with Gasteiger partial charge < -0.3 is 10.1 Å². The number of rotatable bonds is 4. The van der Waals surface area contributed by atoms with Crippen molar-refractivity contribution in [2.45, 2.75) is 20.0 Å². The van der Waals surface area contributed by atoms with Gasteiger partial charge in [0.15, 0.2) is 6.10 Å². The molecule has 0 heterocycles. The molecule has 0 saturated carbocycles. The number of carbonyl (C=O) groups excluding carboxylic acids is 1. The molecule has 21 heavy (non-hydrogen) atoms. The third-order valence-electron chi connectivity index (χ3n) is 2.88. The van der Waals surface area contributed by atoms with Gasteiger partial charge >= 0.3 is 0 Å². The predicted molar refractivity (Wildman–Crippen MR) is 84.0 cm³/mol. The molecule has 0 aliphatic heterocycles. The van der Waals surface area contributed by atoms with Crippen molar-refractivity contribution < 1.29 is 13.9 Å². The average molecular weight is 352 g/mol. The molecule has 0 aliphatic rings. The molecule has 1 amide bonds. The number of halogens is 2. The van der Waals surface area contributed by atoms with Crippen LogP contribution in [-0.2, 0) is 4.79 Å². The SMILES string of the molecule is Cc1ccc(NC(=O)C(C)Oc2ccc(Br)cc2)c(F)c1. The second-order valence-electron chi connectivity index (χ2n) is 4.69. The zero-order chi connectivity index (χ0) is 15.4. The molecule has 0 spiro atoms. The van der Waals surface area contributed by atoms with E-state index < -0.39 is 17.8 Å². The van der Waals surface area contributed by atoms with Gasteiger partial charge in [0.05, 0.1) is 5.69 Å². The van der Waals surface area contributed by atoms with Crippen LogP contribution in [-0.4, -0.2) is 12.0 Å². The summed E-state index contributed by atoms with van der Waals surface area (Å²) in [6.07, 6.45) is -0.730. The summed E-state index contributed by atoms with van der Waals surface area (Å²) >= 11 is 3.32. The molecular weight excluding hydrogens is 337 g/mol. The second kappa shape index (κ2) is 6.72. The van der Waals surface area contributed by atoms with Crippen molar-refractivity contribution in [1.82, 2.24) is 0 Å². The van der Waals surface area contributed by atoms with Crippen LogP contribution in [0.4, 0.5) is 10.1 Å². The van der Waals surface area contributed by atoms with Gasteiger partial charge in [-0.3, -0.25) is 4.79 Å². The van der Waals surface area contributed by atoms with E-state index in [2.05, 4.69) is 21.2 Å². The minimum absolute atomic E-state index is 0.150. The molecule has 5 heteroatoms. The summed E-state index contributed by atoms with van der Waals surface area (Å²) in [5, 5.41) is 2.52. The number of nitrogens with one attached hydrogen (secondary N) is 1. The first-order valence-electron chi connectivity index (χ1n) is 6.45. The zero-order valence-corrected chi connectivity index (χ0v) is 13.3. The van der Waals surface area contributed by atoms with E-state index in [4.69, 9.17) is 4.74 Å². The molecule has 1 unspecified atom stereocenters. The van der Waals surface area contributed by atoms with Crippen molar-refractivity contribution in [1.29, 1.82) is 0 Å². The number of carbonyl (C=O) groups is 1. The largest absolute Gasteiger partial charge is 0.481 e. The monoisotopic (exact) mass is 351 g/mol. The first-order valence-corrected chi connectivity index (χ1v) is 7.24. The van der Waals surface area contributed by atoms with Gasteiger partial charge in [-0.15, -0.1) is 0 Å². The summed E-state index contributed by atoms with van der Waals surface area (Å²) in [7, 11) is 0. The van der Waals surface area contributed by atoms with E-state index in [1.165, 1.54) is 12.1 Å². The van der Waals surface area contributed by atoms with E-state index in [-0.39, 0.29) is 5.69 Å². The van der Waals surface area contributed by atoms with Crippen molar-refractivity contribution in [3.63, 3.8) is 0 Å². The lowest BCUT2D eigenvalue weighted by atomic mass is 10.2. The van der Waals surface area contributed by atoms with Gasteiger partial charge in [0, 0.05) is 4.47 Å². The molecule has 1 N–H and O–H groups in total. The average Bonchev–Trinajstić information content (AvgIpc) is 2.44. The number of hydrogen-bond donors (Lipinski definition) is 1. The van der Waals surface area contributed by atoms with Crippen molar-refractivity contribution in [2.24, 2.45) is 0 Å². The quantitative estimate of drug-likeness (QED) is 0.891. The predicted octanol–water partition coefficient (Wildman–Crippen LogP) is 4.30. The van der Waals surface area contributed by atoms with E-state index in [0.29, 0.717) is 5.75 Å². The zero-order valence-electron chi connectivity index (χ0n) is 11.7. The van der Waals surface area contributed by atoms with E-state index in [1.807, 2.05) is 12.1 Å². The van der Waals surface area contributed by atoms with Crippen LogP contribution >= 0.6 is 15.9 Å². The molecule has 0 aromatic heterocycles. The van der Waals surface area contributed by atoms with Crippen molar-refractivity contribution >= 4 is 27.5 Å². The van der Waals surface area contributed by atoms with E-state index in [0.717, 1.165) is 10.0 Å². The standard InChI is InChI=1S/C16H15BrFNO2/c1-10-3-8-15(14(18)9-10)19-16(20)11(2)21-13-6-4-12(17)5-7-13/h3-9,11H,1-2H3,(H,19,20). The number of ether oxygens (including phenoxy) is 1. The van der Waals surface area contributed by atoms with Gasteiger partial charge in [0.25, 0.3) is 5.91 Å². The van der Waals surface area contributed by atoms with Crippen LogP contribution in [0.5, 0.6) is 5.75 Å². The van der Waals surface area contributed by atoms with Gasteiger partial charge in [-0.25, -0.2) is 4.39 Å². The fourth-order valence-corrected chi connectivity index (χ4v) is 1.99. The topological polar surface area (TPSA) is 38.3 Å². The smallest absolute Gasteiger partial charge is 0.265 e. The molecular formula is C16H15BrFNO2. The first kappa shape index (κ1) is 15.5. The lowest BCUT2D eigenvalue weighted by Crippen LogP contribution is -2.30. The Morgan fingerprint density at radius 3 is 2.52 bits per heavy atom. The highest BCUT2D eigenvalue weighted by Gasteiger charge is 2.16. The maximum atomic E-state index is 13.7. The highest BCUT2D eigenvalue weighted by molar-refractivity contribution is 9.10. The minimum Gasteiger partial charge on any atom is -0.481 e. The Labute approximate surface area is 131 Å². The third kappa shape index (κ3) is 4.29. The Morgan fingerprint density at radius 1 is 1.24 bits per heavy atom. The molecule has 0 radical (unpaired) electrons. The Bertz CT molecular complexity index is 643. The van der Waals surface area contributed by atoms with Gasteiger partial charge in [0.2, 0.25) is 0 Å². The van der Waals surface area contributed by atoms with Gasteiger partial charge in [-0.05, 0) is 55.8 Å². The Kier molecular flexibility index (Phi) is 4.96. The Hall–Kier alpha value is -1.88. The van der Waals surface area contributed by atoms with Crippen LogP contribution in [0.25, 0.3) is 0 Å². The summed E-state index contributed by atoms with van der Waals surface area (Å²) in [5.41, 5.74) is 0.946. The maximum absolute atomic E-state index is 13.7. The van der Waals surface area contributed by atoms with Crippen LogP contribution in [0, 0.1) is 12.7 Å². The summed E-state index contributed by atoms with van der Waals surface area (Å²) in [6, 6.07) is 11.8. The fourth-order valence-electron chi connectivity index (χ4n) is 1.73. The normalized spacial score (nSPS) is 11.8. The molecule has 2 aromatic carbocycles. The molecule has 2 aromatic rings. The highest BCUT2D eigenvalue weighted by Crippen LogP contribution is 2.19. The second-order valence-corrected chi connectivity index (χ2v) is 5.60. The molecule has 0 saturated heterocycles. The summed E-state index contributed by atoms with van der Waals surface area (Å²) < 4.78 is 20.1. The van der Waals surface area contributed by atoms with Crippen molar-refractivity contribution in [3.05, 3.63) is 58.3 Å². The number of aryl methyl sites for hydroxylation is 1. The van der Waals surface area contributed by atoms with Gasteiger partial charge in [0.1, 0.15) is 11.6 Å². The summed E-state index contributed by atoms with van der Waals surface area (Å²) in [6.45, 7) is 3.40. The molecule has 0 aliphatic carbocycles. The first-order chi connectivity index (χ1) is 9.95. The summed E-state index contributed by atoms with van der Waals surface area (Å²) in [4.78, 5) is 12.0. The van der Waals surface area contributed by atoms with Crippen molar-refractivity contribution in [3.8, 4) is 5.75 Å². The lowest BCUT2D eigenvalue weighted by molar-refractivity contribution is -0.122. The number of amides is 1. The van der Waals surface area contributed by atoms with E-state index in [9.17, 15) is 9.18 Å². The van der Waals surface area contributed by atoms with Crippen LogP contribution in [0.3, 0.4) is 0 Å². The number of hydrogen-bond acceptors (Lipinski definition) is 2. The minimum atomic E-state index is -0.730. The molecule has 0 fully saturated rings. The number of anilines is 1. The summed E-state index contributed by atoms with van der Waals surface area (Å²) in [5.74, 6) is -0.287. The molecule has 110 valence electrons. The Morgan fingerprint density at radius 2 is 1.90 bits per heavy atom. The highest BCUT2D eigenvalue weighted by atomic mass is 79.9. The maximum Gasteiger partial charge on any atom is 0.265 e. The lowest BCUT2D eigenvalue weighted by Gasteiger charge is -2.15.